The molecule has 0 radical (unpaired) electrons. The van der Waals surface area contributed by atoms with Gasteiger partial charge in [0, 0.05) is 23.8 Å². The van der Waals surface area contributed by atoms with Crippen LogP contribution in [0.15, 0.2) is 53.4 Å². The SMILES string of the molecule is O=C1/C(=C/c2ccc(N3CCCC3)cc2)SC(=S)N1c1ccc(Cl)cc1. The first-order valence-corrected chi connectivity index (χ1v) is 10.1. The van der Waals surface area contributed by atoms with Gasteiger partial charge in [0.25, 0.3) is 5.91 Å². The van der Waals surface area contributed by atoms with Crippen molar-refractivity contribution < 1.29 is 4.79 Å². The lowest BCUT2D eigenvalue weighted by Crippen LogP contribution is -2.27. The second kappa shape index (κ2) is 7.43. The topological polar surface area (TPSA) is 23.6 Å². The van der Waals surface area contributed by atoms with E-state index in [4.69, 9.17) is 23.8 Å². The lowest BCUT2D eigenvalue weighted by Gasteiger charge is -2.17. The van der Waals surface area contributed by atoms with Gasteiger partial charge >= 0.3 is 0 Å². The van der Waals surface area contributed by atoms with E-state index in [2.05, 4.69) is 29.2 Å². The Bertz CT molecular complexity index is 872. The Hall–Kier alpha value is -1.82. The molecule has 0 atom stereocenters. The molecule has 2 heterocycles. The molecule has 0 unspecified atom stereocenters. The third-order valence-corrected chi connectivity index (χ3v) is 6.09. The standard InChI is InChI=1S/C20H17ClN2OS2/c21-15-5-9-17(10-6-15)23-19(24)18(26-20(23)25)13-14-3-7-16(8-4-14)22-11-1-2-12-22/h3-10,13H,1-2,11-12H2/b18-13-. The zero-order chi connectivity index (χ0) is 18.1. The number of carbonyl (C=O) groups excluding carboxylic acids is 1. The summed E-state index contributed by atoms with van der Waals surface area (Å²) < 4.78 is 0.539. The first-order valence-electron chi connectivity index (χ1n) is 8.50. The lowest BCUT2D eigenvalue weighted by atomic mass is 10.1. The summed E-state index contributed by atoms with van der Waals surface area (Å²) in [5.74, 6) is -0.0917. The summed E-state index contributed by atoms with van der Waals surface area (Å²) in [5.41, 5.74) is 2.99. The normalized spacial score (nSPS) is 19.0. The van der Waals surface area contributed by atoms with Crippen molar-refractivity contribution in [2.75, 3.05) is 22.9 Å². The summed E-state index contributed by atoms with van der Waals surface area (Å²) in [6.07, 6.45) is 4.42. The van der Waals surface area contributed by atoms with Gasteiger partial charge in [-0.2, -0.15) is 0 Å². The predicted molar refractivity (Wildman–Crippen MR) is 115 cm³/mol. The second-order valence-corrected chi connectivity index (χ2v) is 8.39. The molecule has 1 amide bonds. The number of anilines is 2. The summed E-state index contributed by atoms with van der Waals surface area (Å²) >= 11 is 12.7. The summed E-state index contributed by atoms with van der Waals surface area (Å²) in [4.78, 5) is 17.4. The van der Waals surface area contributed by atoms with Crippen LogP contribution in [0.25, 0.3) is 6.08 Å². The van der Waals surface area contributed by atoms with Gasteiger partial charge < -0.3 is 4.90 Å². The fourth-order valence-electron chi connectivity index (χ4n) is 3.19. The zero-order valence-corrected chi connectivity index (χ0v) is 16.4. The van der Waals surface area contributed by atoms with E-state index in [-0.39, 0.29) is 5.91 Å². The van der Waals surface area contributed by atoms with Crippen LogP contribution in [-0.4, -0.2) is 23.3 Å². The van der Waals surface area contributed by atoms with E-state index < -0.39 is 0 Å². The zero-order valence-electron chi connectivity index (χ0n) is 14.0. The lowest BCUT2D eigenvalue weighted by molar-refractivity contribution is -0.113. The number of hydrogen-bond donors (Lipinski definition) is 0. The summed E-state index contributed by atoms with van der Waals surface area (Å²) in [7, 11) is 0. The summed E-state index contributed by atoms with van der Waals surface area (Å²) in [5, 5.41) is 0.632. The molecule has 2 aliphatic heterocycles. The van der Waals surface area contributed by atoms with Gasteiger partial charge in [-0.15, -0.1) is 0 Å². The number of carbonyl (C=O) groups is 1. The number of thioether (sulfide) groups is 1. The van der Waals surface area contributed by atoms with Crippen molar-refractivity contribution in [3.63, 3.8) is 0 Å². The Kier molecular flexibility index (Phi) is 5.02. The van der Waals surface area contributed by atoms with Crippen LogP contribution in [0.1, 0.15) is 18.4 Å². The molecule has 2 saturated heterocycles. The summed E-state index contributed by atoms with van der Waals surface area (Å²) in [6, 6.07) is 15.5. The van der Waals surface area contributed by atoms with E-state index in [1.165, 1.54) is 30.3 Å². The minimum atomic E-state index is -0.0917. The molecule has 2 aromatic carbocycles. The molecule has 2 aliphatic rings. The average molecular weight is 401 g/mol. The van der Waals surface area contributed by atoms with Gasteiger partial charge in [-0.1, -0.05) is 47.7 Å². The number of amides is 1. The van der Waals surface area contributed by atoms with Gasteiger partial charge in [-0.05, 0) is 60.9 Å². The summed E-state index contributed by atoms with van der Waals surface area (Å²) in [6.45, 7) is 2.25. The largest absolute Gasteiger partial charge is 0.372 e. The highest BCUT2D eigenvalue weighted by Crippen LogP contribution is 2.36. The van der Waals surface area contributed by atoms with E-state index in [9.17, 15) is 4.79 Å². The van der Waals surface area contributed by atoms with E-state index in [1.54, 1.807) is 29.2 Å². The molecule has 2 fully saturated rings. The van der Waals surface area contributed by atoms with Crippen LogP contribution < -0.4 is 9.80 Å². The van der Waals surface area contributed by atoms with Gasteiger partial charge in [0.1, 0.15) is 0 Å². The van der Waals surface area contributed by atoms with E-state index >= 15 is 0 Å². The number of halogens is 1. The van der Waals surface area contributed by atoms with Crippen molar-refractivity contribution in [1.29, 1.82) is 0 Å². The van der Waals surface area contributed by atoms with Crippen molar-refractivity contribution in [1.82, 2.24) is 0 Å². The Morgan fingerprint density at radius 2 is 1.58 bits per heavy atom. The minimum absolute atomic E-state index is 0.0917. The van der Waals surface area contributed by atoms with Gasteiger partial charge in [-0.25, -0.2) is 0 Å². The van der Waals surface area contributed by atoms with Crippen molar-refractivity contribution in [2.24, 2.45) is 0 Å². The van der Waals surface area contributed by atoms with Crippen molar-refractivity contribution in [2.45, 2.75) is 12.8 Å². The molecular weight excluding hydrogens is 384 g/mol. The molecule has 26 heavy (non-hydrogen) atoms. The molecule has 0 aliphatic carbocycles. The molecule has 0 saturated carbocycles. The van der Waals surface area contributed by atoms with E-state index in [0.29, 0.717) is 14.2 Å². The molecule has 0 bridgehead atoms. The van der Waals surface area contributed by atoms with Crippen LogP contribution in [0.4, 0.5) is 11.4 Å². The molecular formula is C20H17ClN2OS2. The van der Waals surface area contributed by atoms with Gasteiger partial charge in [0.15, 0.2) is 4.32 Å². The number of nitrogens with zero attached hydrogens (tertiary/aromatic N) is 2. The van der Waals surface area contributed by atoms with Crippen molar-refractivity contribution in [3.8, 4) is 0 Å². The molecule has 2 aromatic rings. The molecule has 3 nitrogen and oxygen atoms in total. The quantitative estimate of drug-likeness (QED) is 0.512. The van der Waals surface area contributed by atoms with Crippen molar-refractivity contribution >= 4 is 63.3 Å². The number of benzene rings is 2. The third kappa shape index (κ3) is 3.52. The Morgan fingerprint density at radius 3 is 2.23 bits per heavy atom. The van der Waals surface area contributed by atoms with Gasteiger partial charge in [0.2, 0.25) is 0 Å². The van der Waals surface area contributed by atoms with E-state index in [0.717, 1.165) is 24.3 Å². The first-order chi connectivity index (χ1) is 12.6. The maximum absolute atomic E-state index is 12.8. The highest BCUT2D eigenvalue weighted by molar-refractivity contribution is 8.27. The maximum Gasteiger partial charge on any atom is 0.270 e. The predicted octanol–water partition coefficient (Wildman–Crippen LogP) is 5.35. The van der Waals surface area contributed by atoms with E-state index in [1.807, 2.05) is 6.08 Å². The van der Waals surface area contributed by atoms with Crippen LogP contribution >= 0.6 is 35.6 Å². The van der Waals surface area contributed by atoms with Crippen molar-refractivity contribution in [3.05, 3.63) is 64.0 Å². The number of rotatable bonds is 3. The maximum atomic E-state index is 12.8. The smallest absolute Gasteiger partial charge is 0.270 e. The molecule has 4 rings (SSSR count). The Morgan fingerprint density at radius 1 is 0.962 bits per heavy atom. The van der Waals surface area contributed by atoms with Gasteiger partial charge in [-0.3, -0.25) is 9.69 Å². The second-order valence-electron chi connectivity index (χ2n) is 6.28. The van der Waals surface area contributed by atoms with Crippen LogP contribution in [0.2, 0.25) is 5.02 Å². The van der Waals surface area contributed by atoms with Crippen LogP contribution in [0.3, 0.4) is 0 Å². The van der Waals surface area contributed by atoms with Gasteiger partial charge in [0.05, 0.1) is 10.6 Å². The average Bonchev–Trinajstić information content (AvgIpc) is 3.26. The number of thiocarbonyl (C=S) groups is 1. The van der Waals surface area contributed by atoms with Crippen LogP contribution in [0, 0.1) is 0 Å². The molecule has 132 valence electrons. The molecule has 0 aromatic heterocycles. The Labute approximate surface area is 167 Å². The molecule has 6 heteroatoms. The first kappa shape index (κ1) is 17.6. The highest BCUT2D eigenvalue weighted by atomic mass is 35.5. The fourth-order valence-corrected chi connectivity index (χ4v) is 4.61. The monoisotopic (exact) mass is 400 g/mol. The van der Waals surface area contributed by atoms with Crippen LogP contribution in [0.5, 0.6) is 0 Å². The Balaban J connectivity index is 1.55. The minimum Gasteiger partial charge on any atom is -0.372 e. The number of hydrogen-bond acceptors (Lipinski definition) is 4. The molecule has 0 spiro atoms. The van der Waals surface area contributed by atoms with Crippen LogP contribution in [-0.2, 0) is 4.79 Å². The fraction of sp³-hybridized carbons (Fsp3) is 0.200. The molecule has 0 N–H and O–H groups in total. The third-order valence-electron chi connectivity index (χ3n) is 4.54. The highest BCUT2D eigenvalue weighted by Gasteiger charge is 2.33.